The highest BCUT2D eigenvalue weighted by atomic mass is 16.1. The van der Waals surface area contributed by atoms with E-state index in [-0.39, 0.29) is 11.3 Å². The first kappa shape index (κ1) is 20.3. The Morgan fingerprint density at radius 1 is 0.862 bits per heavy atom. The van der Waals surface area contributed by atoms with Crippen LogP contribution in [0.3, 0.4) is 0 Å². The Hall–Kier alpha value is -3.41. The monoisotopic (exact) mass is 389 g/mol. The molecule has 0 saturated heterocycles. The molecular weight excluding hydrogens is 362 g/mol. The lowest BCUT2D eigenvalue weighted by molar-refractivity contribution is 0.102. The van der Waals surface area contributed by atoms with Crippen LogP contribution in [0.25, 0.3) is 0 Å². The second-order valence-corrected chi connectivity index (χ2v) is 8.14. The lowest BCUT2D eigenvalue weighted by Crippen LogP contribution is -2.13. The van der Waals surface area contributed by atoms with E-state index in [4.69, 9.17) is 0 Å². The maximum Gasteiger partial charge on any atom is 0.258 e. The lowest BCUT2D eigenvalue weighted by atomic mass is 9.87. The first-order chi connectivity index (χ1) is 13.7. The largest absolute Gasteiger partial charge is 0.378 e. The van der Waals surface area contributed by atoms with Gasteiger partial charge in [-0.25, -0.2) is 9.97 Å². The molecule has 0 aliphatic carbocycles. The molecule has 0 radical (unpaired) electrons. The number of carbonyl (C=O) groups excluding carboxylic acids is 1. The number of hydrogen-bond donors (Lipinski definition) is 2. The third kappa shape index (κ3) is 5.31. The lowest BCUT2D eigenvalue weighted by Gasteiger charge is -2.19. The Morgan fingerprint density at radius 3 is 1.93 bits per heavy atom. The van der Waals surface area contributed by atoms with Gasteiger partial charge < -0.3 is 15.5 Å². The first-order valence-corrected chi connectivity index (χ1v) is 9.51. The summed E-state index contributed by atoms with van der Waals surface area (Å²) >= 11 is 0. The van der Waals surface area contributed by atoms with Crippen LogP contribution in [0.1, 0.15) is 36.7 Å². The van der Waals surface area contributed by atoms with E-state index in [0.717, 1.165) is 17.1 Å². The number of nitrogens with one attached hydrogen (secondary N) is 2. The van der Waals surface area contributed by atoms with Gasteiger partial charge in [0.1, 0.15) is 0 Å². The van der Waals surface area contributed by atoms with Crippen LogP contribution in [0, 0.1) is 0 Å². The maximum atomic E-state index is 12.4. The quantitative estimate of drug-likeness (QED) is 0.654. The molecule has 1 heterocycles. The fourth-order valence-corrected chi connectivity index (χ4v) is 2.74. The van der Waals surface area contributed by atoms with Crippen molar-refractivity contribution in [2.75, 3.05) is 29.6 Å². The Morgan fingerprint density at radius 2 is 1.41 bits per heavy atom. The van der Waals surface area contributed by atoms with Gasteiger partial charge >= 0.3 is 0 Å². The second-order valence-electron chi connectivity index (χ2n) is 8.14. The average molecular weight is 390 g/mol. The van der Waals surface area contributed by atoms with Gasteiger partial charge in [-0.3, -0.25) is 4.79 Å². The number of aromatic nitrogens is 2. The summed E-state index contributed by atoms with van der Waals surface area (Å²) in [7, 11) is 3.94. The zero-order valence-electron chi connectivity index (χ0n) is 17.5. The molecule has 0 aliphatic heterocycles. The van der Waals surface area contributed by atoms with E-state index in [1.165, 1.54) is 18.0 Å². The molecule has 1 amide bonds. The Bertz CT molecular complexity index is 956. The van der Waals surface area contributed by atoms with Gasteiger partial charge in [-0.05, 0) is 47.4 Å². The van der Waals surface area contributed by atoms with Crippen molar-refractivity contribution in [3.63, 3.8) is 0 Å². The van der Waals surface area contributed by atoms with Gasteiger partial charge in [0.15, 0.2) is 0 Å². The fourth-order valence-electron chi connectivity index (χ4n) is 2.74. The summed E-state index contributed by atoms with van der Waals surface area (Å²) in [6.45, 7) is 6.54. The van der Waals surface area contributed by atoms with E-state index in [1.807, 2.05) is 55.4 Å². The minimum atomic E-state index is -0.247. The Balaban J connectivity index is 1.62. The summed E-state index contributed by atoms with van der Waals surface area (Å²) in [6.07, 6.45) is 3.03. The van der Waals surface area contributed by atoms with Crippen molar-refractivity contribution >= 4 is 28.9 Å². The van der Waals surface area contributed by atoms with Crippen LogP contribution >= 0.6 is 0 Å². The van der Waals surface area contributed by atoms with Gasteiger partial charge in [0.05, 0.1) is 5.56 Å². The normalized spacial score (nSPS) is 11.1. The van der Waals surface area contributed by atoms with Crippen molar-refractivity contribution in [1.29, 1.82) is 0 Å². The molecule has 0 aliphatic rings. The molecule has 2 aromatic carbocycles. The average Bonchev–Trinajstić information content (AvgIpc) is 2.68. The molecule has 6 nitrogen and oxygen atoms in total. The highest BCUT2D eigenvalue weighted by Crippen LogP contribution is 2.24. The molecule has 0 spiro atoms. The van der Waals surface area contributed by atoms with Gasteiger partial charge in [0.25, 0.3) is 5.91 Å². The van der Waals surface area contributed by atoms with Crippen molar-refractivity contribution in [3.05, 3.63) is 72.1 Å². The number of benzene rings is 2. The molecule has 0 unspecified atom stereocenters. The second kappa shape index (κ2) is 8.31. The molecule has 0 bridgehead atoms. The molecule has 3 aromatic rings. The van der Waals surface area contributed by atoms with Crippen LogP contribution in [0.15, 0.2) is 60.9 Å². The zero-order valence-corrected chi connectivity index (χ0v) is 17.5. The standard InChI is InChI=1S/C23H27N5O/c1-23(2,3)17-6-8-19(9-7-17)27-22-24-14-16(15-25-22)21(29)26-18-10-12-20(13-11-18)28(4)5/h6-15H,1-5H3,(H,26,29)(H,24,25,27). The van der Waals surface area contributed by atoms with Crippen molar-refractivity contribution in [2.24, 2.45) is 0 Å². The minimum Gasteiger partial charge on any atom is -0.378 e. The van der Waals surface area contributed by atoms with Gasteiger partial charge in [0.2, 0.25) is 5.95 Å². The van der Waals surface area contributed by atoms with Crippen LogP contribution in [0.2, 0.25) is 0 Å². The van der Waals surface area contributed by atoms with Crippen LogP contribution in [0.5, 0.6) is 0 Å². The van der Waals surface area contributed by atoms with Crippen molar-refractivity contribution in [2.45, 2.75) is 26.2 Å². The topological polar surface area (TPSA) is 70.2 Å². The summed E-state index contributed by atoms with van der Waals surface area (Å²) in [5.74, 6) is 0.198. The van der Waals surface area contributed by atoms with Crippen LogP contribution < -0.4 is 15.5 Å². The number of anilines is 4. The van der Waals surface area contributed by atoms with E-state index < -0.39 is 0 Å². The predicted octanol–water partition coefficient (Wildman–Crippen LogP) is 4.84. The Labute approximate surface area is 172 Å². The maximum absolute atomic E-state index is 12.4. The van der Waals surface area contributed by atoms with Gasteiger partial charge in [0, 0.05) is 43.6 Å². The van der Waals surface area contributed by atoms with Crippen LogP contribution in [-0.2, 0) is 5.41 Å². The molecular formula is C23H27N5O. The van der Waals surface area contributed by atoms with Gasteiger partial charge in [-0.2, -0.15) is 0 Å². The summed E-state index contributed by atoms with van der Waals surface area (Å²) in [6, 6.07) is 15.8. The predicted molar refractivity (Wildman–Crippen MR) is 119 cm³/mol. The number of amides is 1. The summed E-state index contributed by atoms with van der Waals surface area (Å²) < 4.78 is 0. The summed E-state index contributed by atoms with van der Waals surface area (Å²) in [5, 5.41) is 6.01. The molecule has 150 valence electrons. The third-order valence-electron chi connectivity index (χ3n) is 4.56. The van der Waals surface area contributed by atoms with Gasteiger partial charge in [-0.1, -0.05) is 32.9 Å². The first-order valence-electron chi connectivity index (χ1n) is 9.51. The van der Waals surface area contributed by atoms with E-state index in [0.29, 0.717) is 11.5 Å². The van der Waals surface area contributed by atoms with Crippen LogP contribution in [0.4, 0.5) is 23.0 Å². The molecule has 3 rings (SSSR count). The molecule has 0 saturated carbocycles. The molecule has 29 heavy (non-hydrogen) atoms. The molecule has 0 atom stereocenters. The van der Waals surface area contributed by atoms with E-state index >= 15 is 0 Å². The highest BCUT2D eigenvalue weighted by Gasteiger charge is 2.13. The van der Waals surface area contributed by atoms with Crippen molar-refractivity contribution in [1.82, 2.24) is 9.97 Å². The molecule has 0 fully saturated rings. The van der Waals surface area contributed by atoms with Crippen LogP contribution in [-0.4, -0.2) is 30.0 Å². The van der Waals surface area contributed by atoms with E-state index in [9.17, 15) is 4.79 Å². The summed E-state index contributed by atoms with van der Waals surface area (Å²) in [4.78, 5) is 22.9. The number of carbonyl (C=O) groups is 1. The number of rotatable bonds is 5. The number of hydrogen-bond acceptors (Lipinski definition) is 5. The third-order valence-corrected chi connectivity index (χ3v) is 4.56. The van der Waals surface area contributed by atoms with Crippen molar-refractivity contribution < 1.29 is 4.79 Å². The summed E-state index contributed by atoms with van der Waals surface area (Å²) in [5.41, 5.74) is 4.46. The SMILES string of the molecule is CN(C)c1ccc(NC(=O)c2cnc(Nc3ccc(C(C)(C)C)cc3)nc2)cc1. The smallest absolute Gasteiger partial charge is 0.258 e. The highest BCUT2D eigenvalue weighted by molar-refractivity contribution is 6.04. The zero-order chi connectivity index (χ0) is 21.0. The van der Waals surface area contributed by atoms with Gasteiger partial charge in [-0.15, -0.1) is 0 Å². The molecule has 6 heteroatoms. The Kier molecular flexibility index (Phi) is 5.82. The fraction of sp³-hybridized carbons (Fsp3) is 0.261. The van der Waals surface area contributed by atoms with E-state index in [2.05, 4.69) is 53.5 Å². The van der Waals surface area contributed by atoms with Crippen molar-refractivity contribution in [3.8, 4) is 0 Å². The molecule has 2 N–H and O–H groups in total. The molecule has 1 aromatic heterocycles. The number of nitrogens with zero attached hydrogens (tertiary/aromatic N) is 3. The minimum absolute atomic E-state index is 0.108. The van der Waals surface area contributed by atoms with E-state index in [1.54, 1.807) is 0 Å².